The molecule has 1 aromatic heterocycles. The van der Waals surface area contributed by atoms with Gasteiger partial charge >= 0.3 is 11.7 Å². The summed E-state index contributed by atoms with van der Waals surface area (Å²) in [5.41, 5.74) is 3.83. The molecule has 1 saturated heterocycles. The zero-order valence-electron chi connectivity index (χ0n) is 28.4. The number of ether oxygens (including phenoxy) is 2. The molecule has 2 N–H and O–H groups in total. The summed E-state index contributed by atoms with van der Waals surface area (Å²) >= 11 is 0. The highest BCUT2D eigenvalue weighted by Gasteiger charge is 2.37. The Hall–Kier alpha value is -3.89. The summed E-state index contributed by atoms with van der Waals surface area (Å²) in [4.78, 5) is 52.2. The van der Waals surface area contributed by atoms with Crippen LogP contribution in [0.3, 0.4) is 0 Å². The van der Waals surface area contributed by atoms with Gasteiger partial charge in [0.05, 0.1) is 17.8 Å². The van der Waals surface area contributed by atoms with Gasteiger partial charge in [0, 0.05) is 51.4 Å². The molecule has 1 aliphatic heterocycles. The number of amides is 1. The third-order valence-electron chi connectivity index (χ3n) is 9.07. The Bertz CT molecular complexity index is 1690. The molecule has 1 aliphatic carbocycles. The van der Waals surface area contributed by atoms with E-state index in [9.17, 15) is 19.2 Å². The van der Waals surface area contributed by atoms with Crippen LogP contribution in [-0.4, -0.2) is 60.6 Å². The van der Waals surface area contributed by atoms with Crippen LogP contribution in [0, 0.1) is 0 Å². The second kappa shape index (κ2) is 17.7. The number of esters is 1. The first kappa shape index (κ1) is 36.4. The first-order valence-corrected chi connectivity index (χ1v) is 18.7. The van der Waals surface area contributed by atoms with Gasteiger partial charge in [0.25, 0.3) is 5.56 Å². The van der Waals surface area contributed by atoms with Crippen LogP contribution in [0.25, 0.3) is 17.2 Å². The SMILES string of the molecule is CC[C@H]1O[C@@H](n2cc(/C=C/C(=O)NCCCCCCCC(=O)OCC3c4ccccc4-c4ccccc43)c(=O)[nH]c2=O)CC1OP(C)OC. The Kier molecular flexibility index (Phi) is 13.1. The van der Waals surface area contributed by atoms with Crippen molar-refractivity contribution in [2.75, 3.05) is 26.9 Å². The zero-order chi connectivity index (χ0) is 34.8. The van der Waals surface area contributed by atoms with Crippen LogP contribution in [-0.2, 0) is 28.1 Å². The van der Waals surface area contributed by atoms with Crippen molar-refractivity contribution in [2.24, 2.45) is 0 Å². The fourth-order valence-corrected chi connectivity index (χ4v) is 7.15. The average Bonchev–Trinajstić information content (AvgIpc) is 3.66. The predicted molar refractivity (Wildman–Crippen MR) is 189 cm³/mol. The zero-order valence-corrected chi connectivity index (χ0v) is 29.3. The maximum atomic E-state index is 12.6. The van der Waals surface area contributed by atoms with Crippen LogP contribution in [0.15, 0.2) is 70.4 Å². The Morgan fingerprint density at radius 3 is 2.39 bits per heavy atom. The number of nitrogens with one attached hydrogen (secondary N) is 2. The molecule has 2 unspecified atom stereocenters. The van der Waals surface area contributed by atoms with Gasteiger partial charge in [-0.05, 0) is 47.6 Å². The van der Waals surface area contributed by atoms with Gasteiger partial charge in [-0.15, -0.1) is 0 Å². The van der Waals surface area contributed by atoms with E-state index >= 15 is 0 Å². The maximum absolute atomic E-state index is 12.6. The van der Waals surface area contributed by atoms with E-state index in [1.54, 1.807) is 7.11 Å². The average molecular weight is 692 g/mol. The first-order chi connectivity index (χ1) is 23.8. The highest BCUT2D eigenvalue weighted by atomic mass is 31.2. The summed E-state index contributed by atoms with van der Waals surface area (Å²) in [6.07, 6.45) is 8.85. The van der Waals surface area contributed by atoms with E-state index in [0.717, 1.165) is 32.1 Å². The molecule has 0 spiro atoms. The Labute approximate surface area is 287 Å². The van der Waals surface area contributed by atoms with Crippen LogP contribution < -0.4 is 16.6 Å². The third-order valence-corrected chi connectivity index (χ3v) is 10.2. The van der Waals surface area contributed by atoms with Crippen molar-refractivity contribution in [2.45, 2.75) is 82.6 Å². The predicted octanol–water partition coefficient (Wildman–Crippen LogP) is 6.03. The van der Waals surface area contributed by atoms with E-state index in [-0.39, 0.29) is 35.6 Å². The standard InChI is InChI=1S/C37H46N3O8P/c1-4-31-32(48-49(3)45-2)22-34(47-31)40-23-25(36(43)39-37(40)44)19-20-33(41)38-21-13-7-5-6-8-18-35(42)46-24-30-28-16-11-9-14-26(28)27-15-10-12-17-29(27)30/h9-12,14-17,19-20,23,30-32,34H,4-8,13,18,21-22,24H2,1-3H3,(H,38,41)(H,39,43,44)/b20-19+/t31-,32?,34-,49?/m1/s1. The normalized spacial score (nSPS) is 19.1. The van der Waals surface area contributed by atoms with Gasteiger partial charge in [0.2, 0.25) is 5.91 Å². The van der Waals surface area contributed by atoms with Crippen LogP contribution in [0.5, 0.6) is 0 Å². The molecule has 12 heteroatoms. The molecule has 11 nitrogen and oxygen atoms in total. The van der Waals surface area contributed by atoms with Crippen LogP contribution in [0.2, 0.25) is 0 Å². The number of benzene rings is 2. The van der Waals surface area contributed by atoms with E-state index in [4.69, 9.17) is 18.5 Å². The number of hydrogen-bond acceptors (Lipinski definition) is 8. The van der Waals surface area contributed by atoms with Gasteiger partial charge in [0.1, 0.15) is 12.8 Å². The quantitative estimate of drug-likeness (QED) is 0.0758. The van der Waals surface area contributed by atoms with Crippen molar-refractivity contribution in [3.05, 3.63) is 98.3 Å². The molecule has 1 amide bonds. The van der Waals surface area contributed by atoms with E-state index in [2.05, 4.69) is 34.6 Å². The molecule has 2 aromatic carbocycles. The van der Waals surface area contributed by atoms with Crippen molar-refractivity contribution in [1.29, 1.82) is 0 Å². The smallest absolute Gasteiger partial charge is 0.330 e. The topological polar surface area (TPSA) is 138 Å². The minimum Gasteiger partial charge on any atom is -0.465 e. The number of fused-ring (bicyclic) bond motifs is 3. The highest BCUT2D eigenvalue weighted by molar-refractivity contribution is 7.46. The van der Waals surface area contributed by atoms with Gasteiger partial charge in [-0.3, -0.25) is 23.9 Å². The summed E-state index contributed by atoms with van der Waals surface area (Å²) in [6, 6.07) is 16.6. The minimum atomic E-state index is -1.07. The van der Waals surface area contributed by atoms with E-state index in [0.29, 0.717) is 32.4 Å². The monoisotopic (exact) mass is 691 g/mol. The lowest BCUT2D eigenvalue weighted by molar-refractivity contribution is -0.144. The third kappa shape index (κ3) is 9.42. The fourth-order valence-electron chi connectivity index (χ4n) is 6.46. The van der Waals surface area contributed by atoms with Crippen molar-refractivity contribution in [1.82, 2.24) is 14.9 Å². The Morgan fingerprint density at radius 1 is 1.02 bits per heavy atom. The number of aromatic nitrogens is 2. The number of carbonyl (C=O) groups excluding carboxylic acids is 2. The lowest BCUT2D eigenvalue weighted by Gasteiger charge is -2.19. The summed E-state index contributed by atoms with van der Waals surface area (Å²) < 4.78 is 24.3. The summed E-state index contributed by atoms with van der Waals surface area (Å²) in [7, 11) is 0.516. The molecule has 0 saturated carbocycles. The molecule has 2 heterocycles. The highest BCUT2D eigenvalue weighted by Crippen LogP contribution is 2.44. The van der Waals surface area contributed by atoms with Gasteiger partial charge in [0.15, 0.2) is 8.38 Å². The number of aromatic amines is 1. The molecule has 5 rings (SSSR count). The largest absolute Gasteiger partial charge is 0.465 e. The molecule has 49 heavy (non-hydrogen) atoms. The van der Waals surface area contributed by atoms with Crippen molar-refractivity contribution in [3.63, 3.8) is 0 Å². The van der Waals surface area contributed by atoms with Gasteiger partial charge < -0.3 is 23.8 Å². The van der Waals surface area contributed by atoms with Gasteiger partial charge in [-0.1, -0.05) is 74.7 Å². The van der Waals surface area contributed by atoms with E-state index < -0.39 is 25.9 Å². The molecular formula is C37H46N3O8P. The van der Waals surface area contributed by atoms with Gasteiger partial charge in [-0.25, -0.2) is 4.79 Å². The molecule has 3 aromatic rings. The number of H-pyrrole nitrogens is 1. The van der Waals surface area contributed by atoms with Crippen molar-refractivity contribution >= 4 is 26.3 Å². The number of rotatable bonds is 17. The second-order valence-corrected chi connectivity index (χ2v) is 13.8. The lowest BCUT2D eigenvalue weighted by Crippen LogP contribution is -2.33. The number of hydrogen-bond donors (Lipinski definition) is 2. The number of unbranched alkanes of at least 4 members (excludes halogenated alkanes) is 4. The Morgan fingerprint density at radius 2 is 1.69 bits per heavy atom. The number of nitrogens with zero attached hydrogens (tertiary/aromatic N) is 1. The molecule has 4 atom stereocenters. The molecule has 262 valence electrons. The molecule has 0 bridgehead atoms. The minimum absolute atomic E-state index is 0.0664. The summed E-state index contributed by atoms with van der Waals surface area (Å²) in [5.74, 6) is -0.441. The molecule has 0 radical (unpaired) electrons. The molecule has 1 fully saturated rings. The van der Waals surface area contributed by atoms with Crippen LogP contribution in [0.4, 0.5) is 0 Å². The van der Waals surface area contributed by atoms with E-state index in [1.807, 2.05) is 37.9 Å². The van der Waals surface area contributed by atoms with Crippen LogP contribution in [0.1, 0.15) is 87.1 Å². The summed E-state index contributed by atoms with van der Waals surface area (Å²) in [6.45, 7) is 4.67. The summed E-state index contributed by atoms with van der Waals surface area (Å²) in [5, 5.41) is 2.83. The van der Waals surface area contributed by atoms with Crippen molar-refractivity contribution < 1.29 is 28.1 Å². The van der Waals surface area contributed by atoms with Crippen molar-refractivity contribution in [3.8, 4) is 11.1 Å². The van der Waals surface area contributed by atoms with E-state index in [1.165, 1.54) is 45.2 Å². The molecule has 2 aliphatic rings. The fraction of sp³-hybridized carbons (Fsp3) is 0.459. The lowest BCUT2D eigenvalue weighted by atomic mass is 9.98. The number of carbonyl (C=O) groups is 2. The molecular weight excluding hydrogens is 645 g/mol. The first-order valence-electron chi connectivity index (χ1n) is 17.0. The maximum Gasteiger partial charge on any atom is 0.330 e. The Balaban J connectivity index is 0.979. The second-order valence-electron chi connectivity index (χ2n) is 12.3. The van der Waals surface area contributed by atoms with Crippen LogP contribution >= 0.6 is 8.38 Å². The van der Waals surface area contributed by atoms with Gasteiger partial charge in [-0.2, -0.15) is 0 Å².